The van der Waals surface area contributed by atoms with Crippen LogP contribution in [0.15, 0.2) is 133 Å². The molecule has 0 spiro atoms. The lowest BCUT2D eigenvalue weighted by molar-refractivity contribution is 0.0943. The number of halogens is 1. The van der Waals surface area contributed by atoms with E-state index in [-0.39, 0.29) is 11.8 Å². The first-order valence-electron chi connectivity index (χ1n) is 18.1. The summed E-state index contributed by atoms with van der Waals surface area (Å²) in [7, 11) is 0. The Hall–Kier alpha value is -6.39. The molecule has 7 aromatic rings. The maximum absolute atomic E-state index is 13.0. The Kier molecular flexibility index (Phi) is 12.8. The molecule has 56 heavy (non-hydrogen) atoms. The van der Waals surface area contributed by atoms with Gasteiger partial charge in [0.1, 0.15) is 11.6 Å². The lowest BCUT2D eigenvalue weighted by Gasteiger charge is -2.11. The number of benzene rings is 4. The van der Waals surface area contributed by atoms with Crippen molar-refractivity contribution in [3.05, 3.63) is 183 Å². The minimum Gasteiger partial charge on any atom is -0.348 e. The van der Waals surface area contributed by atoms with Gasteiger partial charge >= 0.3 is 0 Å². The normalized spacial score (nSPS) is 10.6. The van der Waals surface area contributed by atoms with Crippen molar-refractivity contribution in [2.45, 2.75) is 47.7 Å². The molecular formula is C46H42BrN7O2. The molecule has 4 aromatic carbocycles. The van der Waals surface area contributed by atoms with Gasteiger partial charge in [0, 0.05) is 76.4 Å². The van der Waals surface area contributed by atoms with Crippen LogP contribution in [0.4, 0.5) is 0 Å². The van der Waals surface area contributed by atoms with Crippen molar-refractivity contribution in [3.63, 3.8) is 0 Å². The van der Waals surface area contributed by atoms with Crippen LogP contribution in [0.5, 0.6) is 0 Å². The van der Waals surface area contributed by atoms with Crippen molar-refractivity contribution in [2.75, 3.05) is 0 Å². The third-order valence-electron chi connectivity index (χ3n) is 8.91. The second kappa shape index (κ2) is 18.3. The van der Waals surface area contributed by atoms with Gasteiger partial charge in [-0.05, 0) is 105 Å². The first-order valence-corrected chi connectivity index (χ1v) is 18.9. The largest absolute Gasteiger partial charge is 0.348 e. The number of aromatic nitrogens is 5. The fraction of sp³-hybridized carbons (Fsp3) is 0.152. The predicted octanol–water partition coefficient (Wildman–Crippen LogP) is 9.51. The molecule has 0 aliphatic heterocycles. The van der Waals surface area contributed by atoms with Crippen molar-refractivity contribution in [1.29, 1.82) is 0 Å². The summed E-state index contributed by atoms with van der Waals surface area (Å²) < 4.78 is 0.870. The standard InChI is InChI=1S/C26H24N4O.C20H18BrN3O/c1-17-4-7-21(8-5-17)22-10-23(25-9-6-18(2)13-29-25)12-24(11-22)26(31)30-16-20-14-27-19(3)28-15-20;1-13-3-5-16(6-4-13)17-7-18(9-19(21)8-17)20(25)24-12-15-10-22-14(2)23-11-15/h4-15H,16H2,1-3H3,(H,30,31);3-11H,12H2,1-2H3,(H,24,25). The van der Waals surface area contributed by atoms with Gasteiger partial charge in [0.05, 0.1) is 5.69 Å². The Labute approximate surface area is 335 Å². The van der Waals surface area contributed by atoms with E-state index in [9.17, 15) is 9.59 Å². The fourth-order valence-electron chi connectivity index (χ4n) is 5.68. The number of hydrogen-bond acceptors (Lipinski definition) is 7. The third kappa shape index (κ3) is 10.9. The van der Waals surface area contributed by atoms with Gasteiger partial charge in [-0.25, -0.2) is 19.9 Å². The van der Waals surface area contributed by atoms with Crippen LogP contribution < -0.4 is 10.6 Å². The molecule has 3 heterocycles. The summed E-state index contributed by atoms with van der Waals surface area (Å²) in [5, 5.41) is 5.88. The van der Waals surface area contributed by atoms with Gasteiger partial charge in [-0.15, -0.1) is 0 Å². The highest BCUT2D eigenvalue weighted by atomic mass is 79.9. The fourth-order valence-corrected chi connectivity index (χ4v) is 6.17. The van der Waals surface area contributed by atoms with E-state index >= 15 is 0 Å². The summed E-state index contributed by atoms with van der Waals surface area (Å²) in [5.74, 6) is 1.14. The number of hydrogen-bond donors (Lipinski definition) is 2. The lowest BCUT2D eigenvalue weighted by Crippen LogP contribution is -2.23. The summed E-state index contributed by atoms with van der Waals surface area (Å²) in [6, 6.07) is 32.1. The average Bonchev–Trinajstić information content (AvgIpc) is 3.21. The summed E-state index contributed by atoms with van der Waals surface area (Å²) in [5.41, 5.74) is 12.3. The Balaban J connectivity index is 0.000000194. The lowest BCUT2D eigenvalue weighted by atomic mass is 9.97. The van der Waals surface area contributed by atoms with Crippen molar-refractivity contribution >= 4 is 27.7 Å². The number of rotatable bonds is 9. The molecule has 0 radical (unpaired) electrons. The quantitative estimate of drug-likeness (QED) is 0.149. The van der Waals surface area contributed by atoms with Gasteiger partial charge in [0.25, 0.3) is 11.8 Å². The molecule has 0 aliphatic carbocycles. The SMILES string of the molecule is Cc1ccc(-c2cc(Br)cc(C(=O)NCc3cnc(C)nc3)c2)cc1.Cc1ccc(-c2cc(C(=O)NCc3cnc(C)nc3)cc(-c3ccc(C)cn3)c2)cc1. The number of nitrogens with one attached hydrogen (secondary N) is 2. The number of nitrogens with zero attached hydrogens (tertiary/aromatic N) is 5. The minimum absolute atomic E-state index is 0.129. The molecule has 9 nitrogen and oxygen atoms in total. The van der Waals surface area contributed by atoms with Crippen molar-refractivity contribution < 1.29 is 9.59 Å². The van der Waals surface area contributed by atoms with Crippen molar-refractivity contribution in [3.8, 4) is 33.5 Å². The van der Waals surface area contributed by atoms with Crippen LogP contribution in [0.3, 0.4) is 0 Å². The van der Waals surface area contributed by atoms with Gasteiger partial charge in [-0.1, -0.05) is 81.7 Å². The van der Waals surface area contributed by atoms with Gasteiger partial charge in [0.15, 0.2) is 0 Å². The summed E-state index contributed by atoms with van der Waals surface area (Å²) in [6.45, 7) is 10.5. The van der Waals surface area contributed by atoms with Crippen molar-refractivity contribution in [2.24, 2.45) is 0 Å². The van der Waals surface area contributed by atoms with Crippen LogP contribution in [-0.4, -0.2) is 36.7 Å². The smallest absolute Gasteiger partial charge is 0.251 e. The molecule has 0 bridgehead atoms. The third-order valence-corrected chi connectivity index (χ3v) is 9.36. The molecule has 280 valence electrons. The Bertz CT molecular complexity index is 2370. The van der Waals surface area contributed by atoms with Crippen LogP contribution in [0.25, 0.3) is 33.5 Å². The van der Waals surface area contributed by atoms with E-state index in [0.29, 0.717) is 35.9 Å². The first-order chi connectivity index (χ1) is 27.0. The number of aryl methyl sites for hydroxylation is 5. The molecule has 0 fully saturated rings. The Morgan fingerprint density at radius 3 is 1.36 bits per heavy atom. The zero-order chi connectivity index (χ0) is 39.6. The average molecular weight is 805 g/mol. The highest BCUT2D eigenvalue weighted by Gasteiger charge is 2.13. The molecule has 0 saturated heterocycles. The number of carbonyl (C=O) groups is 2. The molecule has 7 rings (SSSR count). The monoisotopic (exact) mass is 803 g/mol. The molecule has 3 aromatic heterocycles. The van der Waals surface area contributed by atoms with E-state index in [1.54, 1.807) is 24.8 Å². The number of amides is 2. The molecule has 2 N–H and O–H groups in total. The topological polar surface area (TPSA) is 123 Å². The molecule has 0 saturated carbocycles. The van der Waals surface area contributed by atoms with Crippen LogP contribution in [0, 0.1) is 34.6 Å². The maximum atomic E-state index is 13.0. The Morgan fingerprint density at radius 1 is 0.464 bits per heavy atom. The van der Waals surface area contributed by atoms with Crippen LogP contribution >= 0.6 is 15.9 Å². The zero-order valence-corrected chi connectivity index (χ0v) is 33.6. The van der Waals surface area contributed by atoms with E-state index in [1.165, 1.54) is 11.1 Å². The van der Waals surface area contributed by atoms with Crippen LogP contribution in [0.1, 0.15) is 60.2 Å². The summed E-state index contributed by atoms with van der Waals surface area (Å²) in [6.07, 6.45) is 8.74. The first kappa shape index (κ1) is 39.3. The number of pyridine rings is 1. The van der Waals surface area contributed by atoms with E-state index in [2.05, 4.69) is 120 Å². The summed E-state index contributed by atoms with van der Waals surface area (Å²) >= 11 is 3.50. The molecular weight excluding hydrogens is 762 g/mol. The zero-order valence-electron chi connectivity index (χ0n) is 32.0. The molecule has 0 aliphatic rings. The van der Waals surface area contributed by atoms with Gasteiger partial charge in [0.2, 0.25) is 0 Å². The van der Waals surface area contributed by atoms with E-state index in [0.717, 1.165) is 54.7 Å². The van der Waals surface area contributed by atoms with Gasteiger partial charge in [-0.2, -0.15) is 0 Å². The molecule has 2 amide bonds. The van der Waals surface area contributed by atoms with Crippen molar-refractivity contribution in [1.82, 2.24) is 35.6 Å². The van der Waals surface area contributed by atoms with Gasteiger partial charge in [-0.3, -0.25) is 14.6 Å². The maximum Gasteiger partial charge on any atom is 0.251 e. The van der Waals surface area contributed by atoms with Crippen LogP contribution in [0.2, 0.25) is 0 Å². The van der Waals surface area contributed by atoms with Gasteiger partial charge < -0.3 is 10.6 Å². The predicted molar refractivity (Wildman–Crippen MR) is 225 cm³/mol. The number of carbonyl (C=O) groups excluding carboxylic acids is 2. The highest BCUT2D eigenvalue weighted by molar-refractivity contribution is 9.10. The molecule has 10 heteroatoms. The second-order valence-corrected chi connectivity index (χ2v) is 14.5. The van der Waals surface area contributed by atoms with Crippen LogP contribution in [-0.2, 0) is 13.1 Å². The second-order valence-electron chi connectivity index (χ2n) is 13.6. The Morgan fingerprint density at radius 2 is 0.893 bits per heavy atom. The highest BCUT2D eigenvalue weighted by Crippen LogP contribution is 2.29. The molecule has 0 atom stereocenters. The van der Waals surface area contributed by atoms with E-state index in [1.807, 2.05) is 69.4 Å². The van der Waals surface area contributed by atoms with E-state index < -0.39 is 0 Å². The minimum atomic E-state index is -0.150. The van der Waals surface area contributed by atoms with E-state index in [4.69, 9.17) is 0 Å². The molecule has 0 unspecified atom stereocenters. The summed E-state index contributed by atoms with van der Waals surface area (Å²) in [4.78, 5) is 46.7.